The van der Waals surface area contributed by atoms with Gasteiger partial charge >= 0.3 is 18.0 Å². The van der Waals surface area contributed by atoms with Crippen LogP contribution < -0.4 is 5.32 Å². The fourth-order valence-electron chi connectivity index (χ4n) is 1.66. The number of amides is 2. The standard InChI is InChI=1S/C10H16N2O6/c1-12(10(16)11-3-8(13)17-2)7-5-18-4-6(7)9(14)15/h6-7H,3-5H2,1-2H3,(H,11,16)(H,14,15). The average molecular weight is 260 g/mol. The van der Waals surface area contributed by atoms with Crippen LogP contribution in [0.15, 0.2) is 0 Å². The van der Waals surface area contributed by atoms with Gasteiger partial charge in [0.2, 0.25) is 0 Å². The van der Waals surface area contributed by atoms with Crippen LogP contribution in [0.4, 0.5) is 4.79 Å². The summed E-state index contributed by atoms with van der Waals surface area (Å²) in [5.74, 6) is -2.33. The van der Waals surface area contributed by atoms with E-state index in [0.29, 0.717) is 0 Å². The van der Waals surface area contributed by atoms with Crippen molar-refractivity contribution in [1.82, 2.24) is 10.2 Å². The Balaban J connectivity index is 2.52. The van der Waals surface area contributed by atoms with Gasteiger partial charge in [-0.15, -0.1) is 0 Å². The highest BCUT2D eigenvalue weighted by molar-refractivity contribution is 5.81. The molecular weight excluding hydrogens is 244 g/mol. The van der Waals surface area contributed by atoms with Crippen LogP contribution >= 0.6 is 0 Å². The first-order valence-corrected chi connectivity index (χ1v) is 5.35. The normalized spacial score (nSPS) is 22.3. The van der Waals surface area contributed by atoms with Gasteiger partial charge in [0.05, 0.1) is 26.4 Å². The van der Waals surface area contributed by atoms with E-state index < -0.39 is 29.9 Å². The number of rotatable bonds is 4. The molecule has 1 rings (SSSR count). The summed E-state index contributed by atoms with van der Waals surface area (Å²) in [5.41, 5.74) is 0. The number of methoxy groups -OCH3 is 1. The van der Waals surface area contributed by atoms with Crippen molar-refractivity contribution in [1.29, 1.82) is 0 Å². The van der Waals surface area contributed by atoms with Gasteiger partial charge in [-0.05, 0) is 0 Å². The molecule has 1 saturated heterocycles. The second kappa shape index (κ2) is 6.20. The lowest BCUT2D eigenvalue weighted by molar-refractivity contribution is -0.143. The van der Waals surface area contributed by atoms with Crippen LogP contribution in [0.5, 0.6) is 0 Å². The molecule has 0 saturated carbocycles. The molecule has 1 aliphatic heterocycles. The smallest absolute Gasteiger partial charge is 0.325 e. The second-order valence-corrected chi connectivity index (χ2v) is 3.90. The van der Waals surface area contributed by atoms with Crippen molar-refractivity contribution in [3.8, 4) is 0 Å². The lowest BCUT2D eigenvalue weighted by atomic mass is 10.0. The van der Waals surface area contributed by atoms with Gasteiger partial charge in [0, 0.05) is 7.05 Å². The Morgan fingerprint density at radius 2 is 2.11 bits per heavy atom. The third kappa shape index (κ3) is 3.33. The molecule has 0 spiro atoms. The van der Waals surface area contributed by atoms with Crippen molar-refractivity contribution >= 4 is 18.0 Å². The van der Waals surface area contributed by atoms with Gasteiger partial charge in [0.25, 0.3) is 0 Å². The zero-order chi connectivity index (χ0) is 13.7. The zero-order valence-corrected chi connectivity index (χ0v) is 10.2. The summed E-state index contributed by atoms with van der Waals surface area (Å²) < 4.78 is 9.43. The molecule has 18 heavy (non-hydrogen) atoms. The maximum Gasteiger partial charge on any atom is 0.325 e. The molecule has 1 fully saturated rings. The summed E-state index contributed by atoms with van der Waals surface area (Å²) in [4.78, 5) is 34.7. The molecule has 1 heterocycles. The third-order valence-corrected chi connectivity index (χ3v) is 2.80. The topological polar surface area (TPSA) is 105 Å². The summed E-state index contributed by atoms with van der Waals surface area (Å²) in [7, 11) is 2.67. The molecule has 102 valence electrons. The van der Waals surface area contributed by atoms with Crippen molar-refractivity contribution in [3.63, 3.8) is 0 Å². The van der Waals surface area contributed by atoms with Crippen LogP contribution in [0.3, 0.4) is 0 Å². The number of nitrogens with one attached hydrogen (secondary N) is 1. The molecule has 0 radical (unpaired) electrons. The number of esters is 1. The van der Waals surface area contributed by atoms with Gasteiger partial charge < -0.3 is 24.8 Å². The number of carboxylic acids is 1. The maximum atomic E-state index is 11.7. The molecule has 0 bridgehead atoms. The van der Waals surface area contributed by atoms with E-state index in [0.717, 1.165) is 0 Å². The highest BCUT2D eigenvalue weighted by atomic mass is 16.5. The largest absolute Gasteiger partial charge is 0.481 e. The molecule has 2 atom stereocenters. The SMILES string of the molecule is COC(=O)CNC(=O)N(C)C1COCC1C(=O)O. The van der Waals surface area contributed by atoms with Crippen molar-refractivity contribution in [2.45, 2.75) is 6.04 Å². The molecule has 0 aromatic carbocycles. The molecule has 2 unspecified atom stereocenters. The third-order valence-electron chi connectivity index (χ3n) is 2.80. The number of carbonyl (C=O) groups excluding carboxylic acids is 2. The number of nitrogens with zero attached hydrogens (tertiary/aromatic N) is 1. The van der Waals surface area contributed by atoms with Gasteiger partial charge in [0.1, 0.15) is 12.5 Å². The number of aliphatic carboxylic acids is 1. The van der Waals surface area contributed by atoms with Gasteiger partial charge in [-0.2, -0.15) is 0 Å². The van der Waals surface area contributed by atoms with Gasteiger partial charge in [0.15, 0.2) is 0 Å². The number of urea groups is 1. The lowest BCUT2D eigenvalue weighted by Gasteiger charge is -2.26. The van der Waals surface area contributed by atoms with Crippen LogP contribution in [0.1, 0.15) is 0 Å². The van der Waals surface area contributed by atoms with E-state index in [1.165, 1.54) is 19.1 Å². The molecular formula is C10H16N2O6. The highest BCUT2D eigenvalue weighted by Gasteiger charge is 2.38. The van der Waals surface area contributed by atoms with Crippen molar-refractivity contribution in [2.75, 3.05) is 33.9 Å². The minimum Gasteiger partial charge on any atom is -0.481 e. The highest BCUT2D eigenvalue weighted by Crippen LogP contribution is 2.18. The molecule has 1 aliphatic rings. The number of ether oxygens (including phenoxy) is 2. The predicted octanol–water partition coefficient (Wildman–Crippen LogP) is -1.10. The Hall–Kier alpha value is -1.83. The summed E-state index contributed by atoms with van der Waals surface area (Å²) in [6.45, 7) is -0.0152. The Labute approximate surface area is 104 Å². The minimum absolute atomic E-state index is 0.0780. The first-order chi connectivity index (χ1) is 8.47. The van der Waals surface area contributed by atoms with Crippen LogP contribution in [0, 0.1) is 5.92 Å². The van der Waals surface area contributed by atoms with E-state index >= 15 is 0 Å². The van der Waals surface area contributed by atoms with E-state index in [4.69, 9.17) is 9.84 Å². The fourth-order valence-corrected chi connectivity index (χ4v) is 1.66. The molecule has 0 aromatic rings. The summed E-state index contributed by atoms with van der Waals surface area (Å²) >= 11 is 0. The van der Waals surface area contributed by atoms with Gasteiger partial charge in [-0.3, -0.25) is 9.59 Å². The number of hydrogen-bond acceptors (Lipinski definition) is 5. The quantitative estimate of drug-likeness (QED) is 0.622. The maximum absolute atomic E-state index is 11.7. The molecule has 2 amide bonds. The van der Waals surface area contributed by atoms with Crippen LogP contribution in [-0.4, -0.2) is 67.9 Å². The summed E-state index contributed by atoms with van der Waals surface area (Å²) in [5, 5.41) is 11.3. The predicted molar refractivity (Wildman–Crippen MR) is 58.9 cm³/mol. The average Bonchev–Trinajstić information content (AvgIpc) is 2.83. The first-order valence-electron chi connectivity index (χ1n) is 5.35. The van der Waals surface area contributed by atoms with E-state index in [-0.39, 0.29) is 19.8 Å². The van der Waals surface area contributed by atoms with Crippen molar-refractivity contribution in [2.24, 2.45) is 5.92 Å². The van der Waals surface area contributed by atoms with E-state index in [2.05, 4.69) is 10.1 Å². The Kier molecular flexibility index (Phi) is 4.90. The van der Waals surface area contributed by atoms with Crippen LogP contribution in [0.25, 0.3) is 0 Å². The van der Waals surface area contributed by atoms with E-state index in [9.17, 15) is 14.4 Å². The number of carbonyl (C=O) groups is 3. The molecule has 0 aromatic heterocycles. The van der Waals surface area contributed by atoms with Crippen molar-refractivity contribution in [3.05, 3.63) is 0 Å². The first kappa shape index (κ1) is 14.2. The lowest BCUT2D eigenvalue weighted by Crippen LogP contribution is -2.49. The molecule has 2 N–H and O–H groups in total. The second-order valence-electron chi connectivity index (χ2n) is 3.90. The monoisotopic (exact) mass is 260 g/mol. The van der Waals surface area contributed by atoms with Gasteiger partial charge in [-0.1, -0.05) is 0 Å². The fraction of sp³-hybridized carbons (Fsp3) is 0.700. The van der Waals surface area contributed by atoms with Crippen LogP contribution in [-0.2, 0) is 19.1 Å². The van der Waals surface area contributed by atoms with E-state index in [1.807, 2.05) is 0 Å². The van der Waals surface area contributed by atoms with Gasteiger partial charge in [-0.25, -0.2) is 4.79 Å². The van der Waals surface area contributed by atoms with E-state index in [1.54, 1.807) is 0 Å². The summed E-state index contributed by atoms with van der Waals surface area (Å²) in [6.07, 6.45) is 0. The van der Waals surface area contributed by atoms with Crippen LogP contribution in [0.2, 0.25) is 0 Å². The Morgan fingerprint density at radius 3 is 2.67 bits per heavy atom. The molecule has 8 nitrogen and oxygen atoms in total. The molecule has 8 heteroatoms. The zero-order valence-electron chi connectivity index (χ0n) is 10.2. The molecule has 0 aliphatic carbocycles. The minimum atomic E-state index is -1.01. The van der Waals surface area contributed by atoms with Crippen molar-refractivity contribution < 1.29 is 29.0 Å². The number of likely N-dealkylation sites (N-methyl/N-ethyl adjacent to an activating group) is 1. The number of carboxylic acid groups (broad SMARTS) is 1. The Bertz CT molecular complexity index is 345. The number of hydrogen-bond donors (Lipinski definition) is 2. The summed E-state index contributed by atoms with van der Waals surface area (Å²) in [6, 6.07) is -1.08. The Morgan fingerprint density at radius 1 is 1.44 bits per heavy atom.